The summed E-state index contributed by atoms with van der Waals surface area (Å²) in [7, 11) is 4.79. The number of nitrogens with zero attached hydrogens (tertiary/aromatic N) is 1. The van der Waals surface area contributed by atoms with Gasteiger partial charge in [0.25, 0.3) is 0 Å². The summed E-state index contributed by atoms with van der Waals surface area (Å²) in [6.45, 7) is 4.99. The minimum atomic E-state index is 0. The molecule has 0 amide bonds. The largest absolute Gasteiger partial charge is 1.00 e. The third kappa shape index (κ3) is 18.8. The van der Waals surface area contributed by atoms with E-state index in [1.165, 1.54) is 101 Å². The van der Waals surface area contributed by atoms with Gasteiger partial charge in [-0.25, -0.2) is 0 Å². The first-order valence-corrected chi connectivity index (χ1v) is 10.6. The molecule has 136 valence electrons. The van der Waals surface area contributed by atoms with Crippen LogP contribution in [0.2, 0.25) is 0 Å². The van der Waals surface area contributed by atoms with Crippen LogP contribution in [0.25, 0.3) is 0 Å². The number of hydrogen-bond acceptors (Lipinski definition) is 0. The highest BCUT2D eigenvalue weighted by molar-refractivity contribution is 9.09. The zero-order valence-corrected chi connectivity index (χ0v) is 17.9. The number of quaternary nitrogens is 1. The van der Waals surface area contributed by atoms with Gasteiger partial charge < -0.3 is 16.9 Å². The Kier molecular flexibility index (Phi) is 20.5. The van der Waals surface area contributed by atoms with Crippen molar-refractivity contribution in [2.45, 2.75) is 90.4 Å². The molecular weight excluding hydrogens is 358 g/mol. The lowest BCUT2D eigenvalue weighted by Gasteiger charge is -2.29. The van der Waals surface area contributed by atoms with E-state index in [2.05, 4.69) is 36.9 Å². The molecule has 0 rings (SSSR count). The second-order valence-corrected chi connectivity index (χ2v) is 8.11. The Morgan fingerprint density at radius 3 is 1.36 bits per heavy atom. The highest BCUT2D eigenvalue weighted by Crippen LogP contribution is 2.12. The van der Waals surface area contributed by atoms with Gasteiger partial charge in [-0.1, -0.05) is 80.6 Å². The lowest BCUT2D eigenvalue weighted by atomic mass is 10.1. The SMILES string of the molecule is CCCCCCCCCCCCC[N+](C)(C)CCCCBr.[Cl-]. The van der Waals surface area contributed by atoms with E-state index in [1.54, 1.807) is 0 Å². The minimum Gasteiger partial charge on any atom is -1.00 e. The fourth-order valence-corrected chi connectivity index (χ4v) is 3.35. The molecule has 0 fully saturated rings. The molecule has 0 saturated carbocycles. The lowest BCUT2D eigenvalue weighted by molar-refractivity contribution is -0.890. The van der Waals surface area contributed by atoms with Gasteiger partial charge >= 0.3 is 0 Å². The van der Waals surface area contributed by atoms with E-state index >= 15 is 0 Å². The summed E-state index contributed by atoms with van der Waals surface area (Å²) >= 11 is 3.52. The zero-order chi connectivity index (χ0) is 15.8. The van der Waals surface area contributed by atoms with Crippen molar-refractivity contribution < 1.29 is 16.9 Å². The topological polar surface area (TPSA) is 0 Å². The summed E-state index contributed by atoms with van der Waals surface area (Å²) < 4.78 is 1.21. The molecule has 0 heterocycles. The third-order valence-electron chi connectivity index (χ3n) is 4.51. The Morgan fingerprint density at radius 1 is 0.591 bits per heavy atom. The molecule has 1 nitrogen and oxygen atoms in total. The van der Waals surface area contributed by atoms with Crippen LogP contribution in [0.5, 0.6) is 0 Å². The van der Waals surface area contributed by atoms with E-state index < -0.39 is 0 Å². The van der Waals surface area contributed by atoms with Crippen molar-refractivity contribution in [1.82, 2.24) is 0 Å². The van der Waals surface area contributed by atoms with Gasteiger partial charge in [0.1, 0.15) is 0 Å². The standard InChI is InChI=1S/C19H41BrN.ClH/c1-4-5-6-7-8-9-10-11-12-13-15-18-21(2,3)19-16-14-17-20;/h4-19H2,1-3H3;1H/q+1;/p-1. The van der Waals surface area contributed by atoms with Crippen LogP contribution in [-0.4, -0.2) is 37.0 Å². The van der Waals surface area contributed by atoms with Crippen molar-refractivity contribution in [3.05, 3.63) is 0 Å². The van der Waals surface area contributed by atoms with Crippen molar-refractivity contribution in [1.29, 1.82) is 0 Å². The molecule has 0 N–H and O–H groups in total. The number of alkyl halides is 1. The molecule has 0 unspecified atom stereocenters. The molecule has 0 aromatic rings. The van der Waals surface area contributed by atoms with E-state index in [4.69, 9.17) is 0 Å². The quantitative estimate of drug-likeness (QED) is 0.212. The molecule has 0 aromatic carbocycles. The van der Waals surface area contributed by atoms with Crippen LogP contribution in [0.4, 0.5) is 0 Å². The third-order valence-corrected chi connectivity index (χ3v) is 5.07. The van der Waals surface area contributed by atoms with Gasteiger partial charge in [0.05, 0.1) is 27.2 Å². The van der Waals surface area contributed by atoms with Gasteiger partial charge in [-0.3, -0.25) is 0 Å². The molecule has 0 aliphatic rings. The van der Waals surface area contributed by atoms with Crippen LogP contribution in [0.1, 0.15) is 90.4 Å². The number of hydrogen-bond donors (Lipinski definition) is 0. The van der Waals surface area contributed by atoms with Gasteiger partial charge in [0.2, 0.25) is 0 Å². The van der Waals surface area contributed by atoms with Crippen LogP contribution in [-0.2, 0) is 0 Å². The maximum Gasteiger partial charge on any atom is 0.0782 e. The molecule has 0 bridgehead atoms. The molecule has 0 spiro atoms. The zero-order valence-electron chi connectivity index (χ0n) is 15.5. The Hall–Kier alpha value is 0.730. The van der Waals surface area contributed by atoms with Crippen molar-refractivity contribution in [3.8, 4) is 0 Å². The molecule has 0 aromatic heterocycles. The van der Waals surface area contributed by atoms with Gasteiger partial charge in [0.15, 0.2) is 0 Å². The predicted octanol–water partition coefficient (Wildman–Crippen LogP) is 3.55. The predicted molar refractivity (Wildman–Crippen MR) is 101 cm³/mol. The lowest BCUT2D eigenvalue weighted by Crippen LogP contribution is -3.00. The summed E-state index contributed by atoms with van der Waals surface area (Å²) in [4.78, 5) is 0. The van der Waals surface area contributed by atoms with Gasteiger partial charge in [-0.15, -0.1) is 0 Å². The summed E-state index contributed by atoms with van der Waals surface area (Å²) in [5.74, 6) is 0. The Morgan fingerprint density at radius 2 is 0.955 bits per heavy atom. The molecule has 3 heteroatoms. The van der Waals surface area contributed by atoms with E-state index in [9.17, 15) is 0 Å². The Balaban J connectivity index is 0. The summed E-state index contributed by atoms with van der Waals surface area (Å²) in [6.07, 6.45) is 18.6. The monoisotopic (exact) mass is 397 g/mol. The summed E-state index contributed by atoms with van der Waals surface area (Å²) in [6, 6.07) is 0. The molecule has 0 atom stereocenters. The summed E-state index contributed by atoms with van der Waals surface area (Å²) in [5.41, 5.74) is 0. The number of rotatable bonds is 16. The smallest absolute Gasteiger partial charge is 0.0782 e. The van der Waals surface area contributed by atoms with Gasteiger partial charge in [-0.2, -0.15) is 0 Å². The maximum atomic E-state index is 3.52. The molecule has 0 aliphatic carbocycles. The van der Waals surface area contributed by atoms with E-state index in [0.29, 0.717) is 0 Å². The second-order valence-electron chi connectivity index (χ2n) is 7.31. The molecule has 22 heavy (non-hydrogen) atoms. The van der Waals surface area contributed by atoms with Crippen LogP contribution in [0.15, 0.2) is 0 Å². The van der Waals surface area contributed by atoms with Crippen molar-refractivity contribution in [2.75, 3.05) is 32.5 Å². The number of unbranched alkanes of at least 4 members (excludes halogenated alkanes) is 11. The fraction of sp³-hybridized carbons (Fsp3) is 1.00. The van der Waals surface area contributed by atoms with Crippen molar-refractivity contribution in [2.24, 2.45) is 0 Å². The first-order valence-electron chi connectivity index (χ1n) is 9.50. The molecule has 0 saturated heterocycles. The van der Waals surface area contributed by atoms with Crippen LogP contribution < -0.4 is 12.4 Å². The highest BCUT2D eigenvalue weighted by atomic mass is 79.9. The normalized spacial score (nSPS) is 11.5. The van der Waals surface area contributed by atoms with Crippen molar-refractivity contribution >= 4 is 15.9 Å². The second kappa shape index (κ2) is 18.1. The van der Waals surface area contributed by atoms with Crippen LogP contribution in [0.3, 0.4) is 0 Å². The first-order chi connectivity index (χ1) is 10.1. The number of halogens is 2. The highest BCUT2D eigenvalue weighted by Gasteiger charge is 2.13. The molecular formula is C19H41BrClN. The minimum absolute atomic E-state index is 0. The van der Waals surface area contributed by atoms with E-state index in [-0.39, 0.29) is 12.4 Å². The van der Waals surface area contributed by atoms with Crippen molar-refractivity contribution in [3.63, 3.8) is 0 Å². The van der Waals surface area contributed by atoms with E-state index in [0.717, 1.165) is 5.33 Å². The maximum absolute atomic E-state index is 3.52. The van der Waals surface area contributed by atoms with Gasteiger partial charge in [0, 0.05) is 5.33 Å². The Bertz CT molecular complexity index is 210. The van der Waals surface area contributed by atoms with E-state index in [1.807, 2.05) is 0 Å². The molecule has 0 radical (unpaired) electrons. The first kappa shape index (κ1) is 25.0. The molecule has 0 aliphatic heterocycles. The summed E-state index contributed by atoms with van der Waals surface area (Å²) in [5, 5.41) is 1.16. The van der Waals surface area contributed by atoms with Crippen LogP contribution >= 0.6 is 15.9 Å². The van der Waals surface area contributed by atoms with Crippen LogP contribution in [0, 0.1) is 0 Å². The fourth-order valence-electron chi connectivity index (χ4n) is 2.95. The average molecular weight is 399 g/mol. The average Bonchev–Trinajstić information content (AvgIpc) is 2.45. The Labute approximate surface area is 155 Å². The van der Waals surface area contributed by atoms with Gasteiger partial charge in [-0.05, 0) is 25.7 Å².